The molecule has 21 heavy (non-hydrogen) atoms. The molecule has 0 aliphatic rings. The molecule has 0 saturated carbocycles. The molecule has 0 N–H and O–H groups in total. The Balaban J connectivity index is 1.86. The minimum Gasteiger partial charge on any atom is -0.412 e. The van der Waals surface area contributed by atoms with Crippen LogP contribution in [0.1, 0.15) is 11.4 Å². The lowest BCUT2D eigenvalue weighted by atomic mass is 10.3. The van der Waals surface area contributed by atoms with Crippen LogP contribution in [0, 0.1) is 13.8 Å². The molecule has 0 bridgehead atoms. The highest BCUT2D eigenvalue weighted by Crippen LogP contribution is 2.27. The van der Waals surface area contributed by atoms with Crippen LogP contribution in [0.15, 0.2) is 39.4 Å². The van der Waals surface area contributed by atoms with Gasteiger partial charge in [-0.1, -0.05) is 11.2 Å². The third kappa shape index (κ3) is 1.82. The Hall–Kier alpha value is -2.96. The van der Waals surface area contributed by atoms with E-state index in [1.807, 2.05) is 42.6 Å². The zero-order valence-corrected chi connectivity index (χ0v) is 11.4. The van der Waals surface area contributed by atoms with Crippen molar-refractivity contribution in [3.05, 3.63) is 41.9 Å². The van der Waals surface area contributed by atoms with Crippen molar-refractivity contribution < 1.29 is 8.94 Å². The molecule has 0 aliphatic carbocycles. The van der Waals surface area contributed by atoms with E-state index in [1.54, 1.807) is 6.07 Å². The molecule has 7 nitrogen and oxygen atoms in total. The smallest absolute Gasteiger partial charge is 0.286 e. The SMILES string of the molecule is Cc1cc(-c2nnc(-c3c(C)nc4ccccn34)o2)on1. The Morgan fingerprint density at radius 3 is 2.76 bits per heavy atom. The third-order valence-electron chi connectivity index (χ3n) is 3.17. The molecule has 0 saturated heterocycles. The second-order valence-corrected chi connectivity index (χ2v) is 4.72. The van der Waals surface area contributed by atoms with Gasteiger partial charge in [0.25, 0.3) is 11.8 Å². The molecule has 4 aromatic rings. The highest BCUT2D eigenvalue weighted by atomic mass is 16.5. The molecule has 0 aliphatic heterocycles. The quantitative estimate of drug-likeness (QED) is 0.561. The van der Waals surface area contributed by atoms with Crippen molar-refractivity contribution in [2.75, 3.05) is 0 Å². The predicted molar refractivity (Wildman–Crippen MR) is 73.5 cm³/mol. The maximum absolute atomic E-state index is 5.70. The lowest BCUT2D eigenvalue weighted by molar-refractivity contribution is 0.412. The topological polar surface area (TPSA) is 82.2 Å². The Labute approximate surface area is 119 Å². The number of fused-ring (bicyclic) bond motifs is 1. The molecule has 0 aromatic carbocycles. The largest absolute Gasteiger partial charge is 0.412 e. The van der Waals surface area contributed by atoms with Crippen molar-refractivity contribution in [1.29, 1.82) is 0 Å². The normalized spacial score (nSPS) is 11.3. The first kappa shape index (κ1) is 11.8. The van der Waals surface area contributed by atoms with Gasteiger partial charge in [0.05, 0.1) is 11.4 Å². The van der Waals surface area contributed by atoms with Crippen LogP contribution in [0.2, 0.25) is 0 Å². The van der Waals surface area contributed by atoms with Crippen molar-refractivity contribution in [2.24, 2.45) is 0 Å². The molecule has 7 heteroatoms. The molecule has 0 fully saturated rings. The van der Waals surface area contributed by atoms with Crippen LogP contribution in [-0.4, -0.2) is 24.7 Å². The highest BCUT2D eigenvalue weighted by molar-refractivity contribution is 5.60. The van der Waals surface area contributed by atoms with Gasteiger partial charge in [0.2, 0.25) is 5.76 Å². The van der Waals surface area contributed by atoms with Crippen LogP contribution in [-0.2, 0) is 0 Å². The Bertz CT molecular complexity index is 934. The van der Waals surface area contributed by atoms with Gasteiger partial charge in [-0.15, -0.1) is 10.2 Å². The lowest BCUT2D eigenvalue weighted by Gasteiger charge is -1.96. The summed E-state index contributed by atoms with van der Waals surface area (Å²) < 4.78 is 12.7. The molecule has 0 amide bonds. The first-order valence-corrected chi connectivity index (χ1v) is 6.43. The summed E-state index contributed by atoms with van der Waals surface area (Å²) in [6, 6.07) is 7.53. The number of hydrogen-bond donors (Lipinski definition) is 0. The number of pyridine rings is 1. The van der Waals surface area contributed by atoms with Crippen molar-refractivity contribution in [3.63, 3.8) is 0 Å². The van der Waals surface area contributed by atoms with E-state index in [0.717, 1.165) is 22.7 Å². The molecule has 0 unspecified atom stereocenters. The van der Waals surface area contributed by atoms with Crippen molar-refractivity contribution in [3.8, 4) is 23.2 Å². The lowest BCUT2D eigenvalue weighted by Crippen LogP contribution is -1.88. The van der Waals surface area contributed by atoms with E-state index in [1.165, 1.54) is 0 Å². The zero-order chi connectivity index (χ0) is 14.4. The van der Waals surface area contributed by atoms with Gasteiger partial charge in [-0.2, -0.15) is 0 Å². The molecule has 4 aromatic heterocycles. The predicted octanol–water partition coefficient (Wildman–Crippen LogP) is 2.66. The maximum atomic E-state index is 5.70. The summed E-state index contributed by atoms with van der Waals surface area (Å²) in [5.41, 5.74) is 3.20. The summed E-state index contributed by atoms with van der Waals surface area (Å²) in [7, 11) is 0. The van der Waals surface area contributed by atoms with Gasteiger partial charge >= 0.3 is 0 Å². The fraction of sp³-hybridized carbons (Fsp3) is 0.143. The summed E-state index contributed by atoms with van der Waals surface area (Å²) in [6.07, 6.45) is 1.91. The Morgan fingerprint density at radius 1 is 1.10 bits per heavy atom. The molecule has 104 valence electrons. The Morgan fingerprint density at radius 2 is 1.95 bits per heavy atom. The minimum absolute atomic E-state index is 0.302. The summed E-state index contributed by atoms with van der Waals surface area (Å²) in [5.74, 6) is 1.16. The molecule has 4 heterocycles. The van der Waals surface area contributed by atoms with Crippen molar-refractivity contribution >= 4 is 5.65 Å². The summed E-state index contributed by atoms with van der Waals surface area (Å²) in [4.78, 5) is 4.48. The van der Waals surface area contributed by atoms with E-state index >= 15 is 0 Å². The van der Waals surface area contributed by atoms with Gasteiger partial charge in [-0.3, -0.25) is 4.40 Å². The zero-order valence-electron chi connectivity index (χ0n) is 11.4. The standard InChI is InChI=1S/C14H11N5O2/c1-8-7-10(21-18-8)13-16-17-14(20-13)12-9(2)15-11-5-3-4-6-19(11)12/h3-7H,1-2H3. The number of imidazole rings is 1. The van der Waals surface area contributed by atoms with Crippen molar-refractivity contribution in [1.82, 2.24) is 24.7 Å². The first-order chi connectivity index (χ1) is 10.2. The molecule has 0 spiro atoms. The van der Waals surface area contributed by atoms with Crippen LogP contribution in [0.4, 0.5) is 0 Å². The highest BCUT2D eigenvalue weighted by Gasteiger charge is 2.19. The maximum Gasteiger partial charge on any atom is 0.286 e. The van der Waals surface area contributed by atoms with E-state index < -0.39 is 0 Å². The van der Waals surface area contributed by atoms with E-state index in [9.17, 15) is 0 Å². The fourth-order valence-corrected chi connectivity index (χ4v) is 2.25. The van der Waals surface area contributed by atoms with Crippen LogP contribution < -0.4 is 0 Å². The number of hydrogen-bond acceptors (Lipinski definition) is 6. The molecule has 0 atom stereocenters. The molecular formula is C14H11N5O2. The van der Waals surface area contributed by atoms with Crippen LogP contribution >= 0.6 is 0 Å². The van der Waals surface area contributed by atoms with Gasteiger partial charge < -0.3 is 8.94 Å². The van der Waals surface area contributed by atoms with Crippen molar-refractivity contribution in [2.45, 2.75) is 13.8 Å². The van der Waals surface area contributed by atoms with E-state index in [0.29, 0.717) is 17.5 Å². The average Bonchev–Trinajstić information content (AvgIpc) is 3.15. The van der Waals surface area contributed by atoms with Gasteiger partial charge in [0, 0.05) is 12.3 Å². The molecular weight excluding hydrogens is 270 g/mol. The van der Waals surface area contributed by atoms with Gasteiger partial charge in [-0.05, 0) is 26.0 Å². The number of rotatable bonds is 2. The van der Waals surface area contributed by atoms with Gasteiger partial charge in [0.1, 0.15) is 11.3 Å². The monoisotopic (exact) mass is 281 g/mol. The van der Waals surface area contributed by atoms with E-state index in [2.05, 4.69) is 20.3 Å². The first-order valence-electron chi connectivity index (χ1n) is 6.43. The fourth-order valence-electron chi connectivity index (χ4n) is 2.25. The molecule has 4 rings (SSSR count). The number of aryl methyl sites for hydroxylation is 2. The number of nitrogens with zero attached hydrogens (tertiary/aromatic N) is 5. The van der Waals surface area contributed by atoms with Crippen LogP contribution in [0.25, 0.3) is 28.9 Å². The second kappa shape index (κ2) is 4.27. The minimum atomic E-state index is 0.302. The van der Waals surface area contributed by atoms with E-state index in [4.69, 9.17) is 8.94 Å². The summed E-state index contributed by atoms with van der Waals surface area (Å²) in [6.45, 7) is 3.74. The van der Waals surface area contributed by atoms with E-state index in [-0.39, 0.29) is 0 Å². The average molecular weight is 281 g/mol. The van der Waals surface area contributed by atoms with Gasteiger partial charge in [0.15, 0.2) is 0 Å². The van der Waals surface area contributed by atoms with Crippen LogP contribution in [0.3, 0.4) is 0 Å². The number of aromatic nitrogens is 5. The van der Waals surface area contributed by atoms with Gasteiger partial charge in [-0.25, -0.2) is 4.98 Å². The Kier molecular flexibility index (Phi) is 2.41. The summed E-state index contributed by atoms with van der Waals surface area (Å²) >= 11 is 0. The summed E-state index contributed by atoms with van der Waals surface area (Å²) in [5, 5.41) is 11.9. The third-order valence-corrected chi connectivity index (χ3v) is 3.17. The molecule has 0 radical (unpaired) electrons. The second-order valence-electron chi connectivity index (χ2n) is 4.72. The van der Waals surface area contributed by atoms with Crippen LogP contribution in [0.5, 0.6) is 0 Å².